The molecule has 5 aliphatic heterocycles. The Kier molecular flexibility index (Phi) is 27.7. The smallest absolute Gasteiger partial charge is 0.328 e. The maximum Gasteiger partial charge on any atom is 0.328 e. The van der Waals surface area contributed by atoms with Gasteiger partial charge < -0.3 is 92.4 Å². The van der Waals surface area contributed by atoms with Crippen molar-refractivity contribution in [2.24, 2.45) is 17.3 Å². The van der Waals surface area contributed by atoms with Gasteiger partial charge in [-0.15, -0.1) is 0 Å². The zero-order chi connectivity index (χ0) is 63.6. The second-order valence-corrected chi connectivity index (χ2v) is 23.5. The number of carbonyl (C=O) groups excluding carboxylic acids is 2. The Morgan fingerprint density at radius 2 is 1.36 bits per heavy atom. The summed E-state index contributed by atoms with van der Waals surface area (Å²) >= 11 is 0. The fraction of sp³-hybridized carbons (Fsp3) is 0.646. The van der Waals surface area contributed by atoms with Crippen molar-refractivity contribution in [3.05, 3.63) is 120 Å². The largest absolute Gasteiger partial charge is 0.478 e. The van der Waals surface area contributed by atoms with Gasteiger partial charge in [-0.25, -0.2) is 4.79 Å². The third-order valence-corrected chi connectivity index (χ3v) is 16.9. The minimum absolute atomic E-state index is 0.0526. The SMILES string of the molecule is C/C=C\C=C\[C@@H]1O[C@](O)([C@H](CO[C@H]2C[C@H](OC)[C@H](O[C@@H]3C[C@@H](OC)[C@@H](O[C@H]4C[C@H](OC)[C@H](O)[C@H](C)O4)[C@H](C)O3)[C@H](C)O2)C(=O)NC/C=C/C=C(\C)[C@@H](OC)[C@@H](C)[C@H]2C[C@H](O)[C@H](/C=C/C=C/C=C/C(=O)O)O2)[C@H](O)[C@H](OC(=O)Cc2ccccc2)C1(C)C. The Morgan fingerprint density at radius 1 is 0.759 bits per heavy atom. The van der Waals surface area contributed by atoms with Crippen LogP contribution in [0.15, 0.2) is 115 Å². The number of aliphatic hydroxyl groups excluding tert-OH is 3. The minimum Gasteiger partial charge on any atom is -0.478 e. The standard InChI is InChI=1S/C65H95NO21/c1-13-14-18-29-51-64(7,8)62(84-53(70)32-43-26-19-17-20-27-43)61(72)65(74,87-51)44(63(73)66-31-24-23-25-38(2)58(78-12)39(3)47-33-45(67)46(83-47)28-21-15-16-22-30-52(68)69)37-79-54-35-49(76-10)59(41(5)81-54)86-56-36-50(77-11)60(42(6)82-56)85-55-34-48(75-9)57(71)40(4)80-55/h13-30,39-42,44-51,54-62,67,71-72,74H,31-37H2,1-12H3,(H,66,73)(H,68,69)/b14-13-,16-15+,24-23+,28-21+,29-18+,30-22+,38-25+/t39-,40-,41-,42-,44+,45-,46-,47+,48-,49-,50+,51-,54+,55-,56+,57+,58+,59+,60-,61+,62-,65+/m0/s1. The zero-order valence-electron chi connectivity index (χ0n) is 52.2. The van der Waals surface area contributed by atoms with Crippen molar-refractivity contribution in [2.45, 2.75) is 210 Å². The number of benzene rings is 1. The molecular formula is C65H95NO21. The highest BCUT2D eigenvalue weighted by molar-refractivity contribution is 5.80. The molecule has 1 aromatic carbocycles. The van der Waals surface area contributed by atoms with Gasteiger partial charge in [0.1, 0.15) is 42.5 Å². The maximum absolute atomic E-state index is 14.8. The van der Waals surface area contributed by atoms with Crippen molar-refractivity contribution in [1.29, 1.82) is 0 Å². The number of aliphatic hydroxyl groups is 4. The van der Waals surface area contributed by atoms with Crippen LogP contribution in [0.3, 0.4) is 0 Å². The summed E-state index contributed by atoms with van der Waals surface area (Å²) in [6.07, 6.45) is 7.81. The number of hydrogen-bond acceptors (Lipinski definition) is 20. The molecule has 486 valence electrons. The Bertz CT molecular complexity index is 2530. The van der Waals surface area contributed by atoms with E-state index in [4.69, 9.17) is 66.7 Å². The first-order valence-electron chi connectivity index (χ1n) is 30.0. The lowest BCUT2D eigenvalue weighted by atomic mass is 9.71. The number of carboxylic acid groups (broad SMARTS) is 1. The molecule has 0 radical (unpaired) electrons. The molecule has 5 aliphatic rings. The van der Waals surface area contributed by atoms with Gasteiger partial charge in [-0.3, -0.25) is 9.59 Å². The quantitative estimate of drug-likeness (QED) is 0.0343. The van der Waals surface area contributed by atoms with Gasteiger partial charge in [0.2, 0.25) is 11.7 Å². The fourth-order valence-corrected chi connectivity index (χ4v) is 11.9. The Morgan fingerprint density at radius 3 is 1.98 bits per heavy atom. The van der Waals surface area contributed by atoms with Crippen LogP contribution in [0, 0.1) is 17.3 Å². The third kappa shape index (κ3) is 19.1. The molecule has 22 nitrogen and oxygen atoms in total. The molecule has 87 heavy (non-hydrogen) atoms. The first-order chi connectivity index (χ1) is 41.5. The number of aliphatic carboxylic acids is 1. The van der Waals surface area contributed by atoms with Crippen LogP contribution in [0.5, 0.6) is 0 Å². The van der Waals surface area contributed by atoms with Crippen molar-refractivity contribution < 1.29 is 101 Å². The summed E-state index contributed by atoms with van der Waals surface area (Å²) in [5.74, 6) is -7.10. The minimum atomic E-state index is -2.74. The number of ether oxygens (including phenoxy) is 13. The van der Waals surface area contributed by atoms with E-state index in [0.29, 0.717) is 18.4 Å². The number of rotatable bonds is 28. The Balaban J connectivity index is 1.18. The molecule has 0 saturated carbocycles. The van der Waals surface area contributed by atoms with Gasteiger partial charge >= 0.3 is 11.9 Å². The van der Waals surface area contributed by atoms with Crippen LogP contribution in [0.4, 0.5) is 0 Å². The van der Waals surface area contributed by atoms with Gasteiger partial charge in [0, 0.05) is 78.1 Å². The molecule has 0 spiro atoms. The Hall–Kier alpha value is -4.83. The van der Waals surface area contributed by atoms with E-state index in [-0.39, 0.29) is 37.8 Å². The lowest BCUT2D eigenvalue weighted by molar-refractivity contribution is -0.367. The summed E-state index contributed by atoms with van der Waals surface area (Å²) in [5, 5.41) is 58.4. The molecule has 6 rings (SSSR count). The van der Waals surface area contributed by atoms with Crippen LogP contribution >= 0.6 is 0 Å². The van der Waals surface area contributed by atoms with E-state index in [0.717, 1.165) is 11.6 Å². The van der Waals surface area contributed by atoms with Gasteiger partial charge in [0.05, 0.1) is 74.1 Å². The van der Waals surface area contributed by atoms with Crippen LogP contribution in [-0.2, 0) is 82.4 Å². The van der Waals surface area contributed by atoms with E-state index in [1.807, 2.05) is 39.8 Å². The molecule has 1 amide bonds. The number of nitrogens with one attached hydrogen (secondary N) is 1. The second kappa shape index (κ2) is 33.8. The highest BCUT2D eigenvalue weighted by atomic mass is 16.7. The number of carboxylic acids is 1. The number of hydrogen-bond donors (Lipinski definition) is 6. The predicted octanol–water partition coefficient (Wildman–Crippen LogP) is 5.50. The van der Waals surface area contributed by atoms with Crippen LogP contribution in [0.2, 0.25) is 0 Å². The lowest BCUT2D eigenvalue weighted by Crippen LogP contribution is -2.70. The van der Waals surface area contributed by atoms with Gasteiger partial charge in [-0.2, -0.15) is 0 Å². The molecule has 5 fully saturated rings. The normalized spacial score (nSPS) is 36.3. The van der Waals surface area contributed by atoms with Crippen LogP contribution in [0.1, 0.15) is 86.6 Å². The van der Waals surface area contributed by atoms with Crippen LogP contribution in [0.25, 0.3) is 0 Å². The summed E-state index contributed by atoms with van der Waals surface area (Å²) in [5.41, 5.74) is 0.340. The molecular weight excluding hydrogens is 1130 g/mol. The summed E-state index contributed by atoms with van der Waals surface area (Å²) in [6, 6.07) is 8.96. The molecule has 5 heterocycles. The summed E-state index contributed by atoms with van der Waals surface area (Å²) in [4.78, 5) is 39.3. The molecule has 5 saturated heterocycles. The molecule has 22 heteroatoms. The monoisotopic (exact) mass is 1230 g/mol. The zero-order valence-corrected chi connectivity index (χ0v) is 52.2. The van der Waals surface area contributed by atoms with Crippen molar-refractivity contribution in [3.63, 3.8) is 0 Å². The number of methoxy groups -OCH3 is 4. The van der Waals surface area contributed by atoms with E-state index in [2.05, 4.69) is 5.32 Å². The highest BCUT2D eigenvalue weighted by Crippen LogP contribution is 2.46. The van der Waals surface area contributed by atoms with E-state index in [1.165, 1.54) is 20.3 Å². The summed E-state index contributed by atoms with van der Waals surface area (Å²) < 4.78 is 80.4. The van der Waals surface area contributed by atoms with Crippen molar-refractivity contribution >= 4 is 17.8 Å². The second-order valence-electron chi connectivity index (χ2n) is 23.5. The third-order valence-electron chi connectivity index (χ3n) is 16.9. The molecule has 6 N–H and O–H groups in total. The number of allylic oxidation sites excluding steroid dienone is 9. The van der Waals surface area contributed by atoms with Crippen LogP contribution in [-0.4, -0.2) is 207 Å². The Labute approximate surface area is 512 Å². The molecule has 0 unspecified atom stereocenters. The highest BCUT2D eigenvalue weighted by Gasteiger charge is 2.63. The van der Waals surface area contributed by atoms with Gasteiger partial charge in [-0.1, -0.05) is 124 Å². The van der Waals surface area contributed by atoms with Crippen molar-refractivity contribution in [2.75, 3.05) is 41.6 Å². The molecule has 22 atom stereocenters. The maximum atomic E-state index is 14.8. The van der Waals surface area contributed by atoms with Crippen molar-refractivity contribution in [1.82, 2.24) is 5.32 Å². The number of amides is 1. The predicted molar refractivity (Wildman–Crippen MR) is 318 cm³/mol. The summed E-state index contributed by atoms with van der Waals surface area (Å²) in [7, 11) is 6.24. The van der Waals surface area contributed by atoms with Crippen molar-refractivity contribution in [3.8, 4) is 0 Å². The van der Waals surface area contributed by atoms with Gasteiger partial charge in [0.15, 0.2) is 18.9 Å². The summed E-state index contributed by atoms with van der Waals surface area (Å²) in [6.45, 7) is 14.0. The molecule has 1 aromatic rings. The first kappa shape index (κ1) is 71.2. The number of esters is 1. The first-order valence-corrected chi connectivity index (χ1v) is 30.0. The molecule has 0 aliphatic carbocycles. The average molecular weight is 1230 g/mol. The topological polar surface area (TPSA) is 284 Å². The van der Waals surface area contributed by atoms with Gasteiger partial charge in [0.25, 0.3) is 0 Å². The number of carbonyl (C=O) groups is 3. The van der Waals surface area contributed by atoms with E-state index < -0.39 is 152 Å². The van der Waals surface area contributed by atoms with E-state index in [9.17, 15) is 34.8 Å². The van der Waals surface area contributed by atoms with Crippen LogP contribution < -0.4 is 5.32 Å². The fourth-order valence-electron chi connectivity index (χ4n) is 11.9. The molecule has 0 aromatic heterocycles. The van der Waals surface area contributed by atoms with E-state index >= 15 is 0 Å². The average Bonchev–Trinajstić information content (AvgIpc) is 1.46. The van der Waals surface area contributed by atoms with Gasteiger partial charge in [-0.05, 0) is 45.8 Å². The molecule has 0 bridgehead atoms. The van der Waals surface area contributed by atoms with E-state index in [1.54, 1.807) is 127 Å². The lowest BCUT2D eigenvalue weighted by Gasteiger charge is -2.54.